The third-order valence-electron chi connectivity index (χ3n) is 15.0. The zero-order chi connectivity index (χ0) is 69.5. The number of guanidine groups is 2. The van der Waals surface area contributed by atoms with E-state index in [1.54, 1.807) is 51.1 Å². The fourth-order valence-electron chi connectivity index (χ4n) is 10.2. The third kappa shape index (κ3) is 28.2. The summed E-state index contributed by atoms with van der Waals surface area (Å²) in [5.74, 6) is -6.82. The van der Waals surface area contributed by atoms with Crippen LogP contribution in [0.5, 0.6) is 0 Å². The van der Waals surface area contributed by atoms with Crippen LogP contribution in [-0.4, -0.2) is 213 Å². The van der Waals surface area contributed by atoms with Crippen LogP contribution in [0.2, 0.25) is 0 Å². The number of methoxy groups -OCH3 is 1. The number of hydrogen-bond acceptors (Lipinski definition) is 18. The quantitative estimate of drug-likeness (QED) is 0.0123. The number of ether oxygens (including phenoxy) is 2. The van der Waals surface area contributed by atoms with E-state index in [-0.39, 0.29) is 102 Å². The van der Waals surface area contributed by atoms with E-state index in [0.29, 0.717) is 42.6 Å². The minimum atomic E-state index is -1.54. The fourth-order valence-corrected chi connectivity index (χ4v) is 10.2. The molecule has 1 aliphatic heterocycles. The molecule has 9 amide bonds. The fraction of sp³-hybridized carbons (Fsp3) is 0.607. The number of hydrogen-bond donors (Lipinski definition) is 15. The molecule has 1 aromatic carbocycles. The number of benzene rings is 1. The van der Waals surface area contributed by atoms with Gasteiger partial charge in [0.25, 0.3) is 0 Å². The molecule has 0 unspecified atom stereocenters. The van der Waals surface area contributed by atoms with Crippen molar-refractivity contribution < 1.29 is 62.5 Å². The Kier molecular flexibility index (Phi) is 32.1. The molecule has 1 fully saturated rings. The Balaban J connectivity index is 1.49. The number of aliphatic imine (C=N–C) groups is 2. The molecule has 2 aromatic heterocycles. The number of imidazole rings is 2. The lowest BCUT2D eigenvalue weighted by atomic mass is 9.96. The zero-order valence-corrected chi connectivity index (χ0v) is 54.8. The topological polar surface area (TPSA) is 512 Å². The molecule has 33 nitrogen and oxygen atoms in total. The number of rotatable bonds is 39. The number of aliphatic hydroxyl groups excluding tert-OH is 1. The van der Waals surface area contributed by atoms with E-state index in [0.717, 1.165) is 12.0 Å². The Morgan fingerprint density at radius 3 is 1.84 bits per heavy atom. The average molecular weight is 1320 g/mol. The van der Waals surface area contributed by atoms with Crippen LogP contribution in [0.3, 0.4) is 0 Å². The molecule has 1 aliphatic rings. The van der Waals surface area contributed by atoms with Crippen molar-refractivity contribution in [3.63, 3.8) is 0 Å². The van der Waals surface area contributed by atoms with Crippen molar-refractivity contribution >= 4 is 71.2 Å². The van der Waals surface area contributed by atoms with Gasteiger partial charge in [-0.05, 0) is 96.5 Å². The maximum Gasteiger partial charge on any atom is 0.407 e. The summed E-state index contributed by atoms with van der Waals surface area (Å²) < 4.78 is 10.2. The summed E-state index contributed by atoms with van der Waals surface area (Å²) in [6, 6.07) is -0.688. The molecular weight excluding hydrogens is 1220 g/mol. The summed E-state index contributed by atoms with van der Waals surface area (Å²) in [5.41, 5.74) is 29.0. The van der Waals surface area contributed by atoms with Gasteiger partial charge in [0.15, 0.2) is 11.9 Å². The van der Waals surface area contributed by atoms with Crippen LogP contribution in [0.15, 0.2) is 65.4 Å². The lowest BCUT2D eigenvalue weighted by molar-refractivity contribution is -0.145. The number of aliphatic hydroxyl groups is 1. The summed E-state index contributed by atoms with van der Waals surface area (Å²) in [6.45, 7) is 9.02. The largest absolute Gasteiger partial charge is 0.467 e. The highest BCUT2D eigenvalue weighted by Crippen LogP contribution is 2.22. The van der Waals surface area contributed by atoms with Gasteiger partial charge in [0.2, 0.25) is 47.3 Å². The number of nitrogens with one attached hydrogen (secondary N) is 9. The molecule has 0 aliphatic carbocycles. The summed E-state index contributed by atoms with van der Waals surface area (Å²) in [7, 11) is 2.48. The highest BCUT2D eigenvalue weighted by Gasteiger charge is 2.40. The van der Waals surface area contributed by atoms with Crippen molar-refractivity contribution in [1.82, 2.24) is 67.0 Å². The van der Waals surface area contributed by atoms with Crippen molar-refractivity contribution in [3.05, 3.63) is 72.3 Å². The number of carbonyl (C=O) groups excluding carboxylic acids is 10. The molecule has 3 heterocycles. The SMILES string of the molecule is COC(=O)[C@H](CCCCNC(=O)OC(C)(C)C)NC(=O)[C@H](Cc1cnc[nH]1)NC(=O)CN(C)C(=O)C[C@H](O)[C@H](CC(C)C)NC(=O)[C@H](Cc1cnc[nH]1)NC(=O)[C@H](Cc1ccccc1)NC(=O)[C@@H]1CCCN1C(=O)[C@H](CCCN=C(N)N)NC(=O)[C@@H](N)CCCN=C(N)N. The van der Waals surface area contributed by atoms with Gasteiger partial charge in [-0.1, -0.05) is 44.2 Å². The number of aromatic amines is 2. The van der Waals surface area contributed by atoms with Crippen molar-refractivity contribution in [2.75, 3.05) is 46.9 Å². The molecule has 33 heteroatoms. The normalized spacial score (nSPS) is 15.4. The first kappa shape index (κ1) is 77.1. The van der Waals surface area contributed by atoms with Crippen molar-refractivity contribution in [2.45, 2.75) is 185 Å². The zero-order valence-electron chi connectivity index (χ0n) is 54.8. The van der Waals surface area contributed by atoms with E-state index >= 15 is 0 Å². The highest BCUT2D eigenvalue weighted by atomic mass is 16.6. The van der Waals surface area contributed by atoms with Gasteiger partial charge >= 0.3 is 12.1 Å². The van der Waals surface area contributed by atoms with Crippen LogP contribution in [0.4, 0.5) is 4.79 Å². The van der Waals surface area contributed by atoms with Gasteiger partial charge in [-0.2, -0.15) is 0 Å². The number of esters is 1. The van der Waals surface area contributed by atoms with Crippen LogP contribution in [0, 0.1) is 5.92 Å². The Bertz CT molecular complexity index is 2970. The molecule has 520 valence electrons. The number of likely N-dealkylation sites (tertiary alicyclic amines) is 1. The number of H-pyrrole nitrogens is 2. The maximum atomic E-state index is 14.7. The molecule has 0 radical (unpaired) electrons. The van der Waals surface area contributed by atoms with E-state index in [1.165, 1.54) is 37.0 Å². The number of amides is 9. The van der Waals surface area contributed by atoms with Crippen LogP contribution in [0.1, 0.15) is 122 Å². The number of alkyl carbamates (subject to hydrolysis) is 1. The first-order chi connectivity index (χ1) is 44.5. The Hall–Kier alpha value is -9.40. The number of nitrogens with two attached hydrogens (primary N) is 5. The standard InChI is InChI=1S/C61H98N20O13/c1-36(2)26-43(48(82)30-50(84)80(6)33-49(83)74-45(28-38-31-67-34-72-38)53(87)76-42(57(91)93-7)19-11-12-22-71-60(92)94-61(3,4)5)77-54(88)46(29-39-32-68-35-73-39)78-52(86)44(27-37-16-9-8-10-17-37)79-55(89)47-21-15-25-81(47)56(90)41(20-14-24-70-59(65)66)75-51(85)40(62)18-13-23-69-58(63)64/h8-10,16-17,31-32,34-36,40-48,82H,11-15,18-30,33,62H2,1-7H3,(H,67,72)(H,68,73)(H,71,92)(H,74,83)(H,75,85)(H,76,87)(H,77,88)(H,78,86)(H,79,89)(H4,63,64,69)(H4,65,66,70)/t40-,41-,42-,43-,44-,45-,46-,47-,48-/m0/s1. The molecule has 3 aromatic rings. The van der Waals surface area contributed by atoms with E-state index in [9.17, 15) is 53.1 Å². The van der Waals surface area contributed by atoms with Gasteiger partial charge in [-0.25, -0.2) is 19.6 Å². The van der Waals surface area contributed by atoms with Crippen molar-refractivity contribution in [1.29, 1.82) is 0 Å². The summed E-state index contributed by atoms with van der Waals surface area (Å²) in [4.78, 5) is 162. The summed E-state index contributed by atoms with van der Waals surface area (Å²) in [6.07, 6.45) is 5.25. The number of likely N-dealkylation sites (N-methyl/N-ethyl adjacent to an activating group) is 1. The Labute approximate surface area is 547 Å². The molecule has 0 bridgehead atoms. The van der Waals surface area contributed by atoms with E-state index < -0.39 is 132 Å². The number of unbranched alkanes of at least 4 members (excludes halogenated alkanes) is 1. The van der Waals surface area contributed by atoms with Gasteiger partial charge in [-0.15, -0.1) is 0 Å². The predicted molar refractivity (Wildman–Crippen MR) is 347 cm³/mol. The lowest BCUT2D eigenvalue weighted by Crippen LogP contribution is -2.60. The second-order valence-corrected chi connectivity index (χ2v) is 24.5. The van der Waals surface area contributed by atoms with Crippen molar-refractivity contribution in [3.8, 4) is 0 Å². The predicted octanol–water partition coefficient (Wildman–Crippen LogP) is -2.38. The maximum absolute atomic E-state index is 14.7. The van der Waals surface area contributed by atoms with Crippen LogP contribution in [-0.2, 0) is 71.9 Å². The smallest absolute Gasteiger partial charge is 0.407 e. The number of nitrogens with zero attached hydrogens (tertiary/aromatic N) is 6. The summed E-state index contributed by atoms with van der Waals surface area (Å²) >= 11 is 0. The molecule has 0 spiro atoms. The second-order valence-electron chi connectivity index (χ2n) is 24.5. The van der Waals surface area contributed by atoms with Gasteiger partial charge in [0, 0.05) is 76.3 Å². The van der Waals surface area contributed by atoms with Gasteiger partial charge in [0.1, 0.15) is 41.9 Å². The molecule has 20 N–H and O–H groups in total. The van der Waals surface area contributed by atoms with Gasteiger partial charge < -0.3 is 100 Å². The lowest BCUT2D eigenvalue weighted by Gasteiger charge is -2.31. The molecule has 4 rings (SSSR count). The van der Waals surface area contributed by atoms with E-state index in [1.807, 2.05) is 13.8 Å². The molecule has 0 saturated carbocycles. The monoisotopic (exact) mass is 1320 g/mol. The summed E-state index contributed by atoms with van der Waals surface area (Å²) in [5, 5.41) is 30.9. The molecular formula is C61H98N20O13. The highest BCUT2D eigenvalue weighted by molar-refractivity contribution is 5.97. The number of carbonyl (C=O) groups is 10. The molecule has 9 atom stereocenters. The second kappa shape index (κ2) is 39.2. The van der Waals surface area contributed by atoms with Crippen molar-refractivity contribution in [2.24, 2.45) is 44.6 Å². The minimum absolute atomic E-state index is 0.0580. The Morgan fingerprint density at radius 1 is 0.723 bits per heavy atom. The van der Waals surface area contributed by atoms with E-state index in [2.05, 4.69) is 67.1 Å². The number of aromatic nitrogens is 4. The van der Waals surface area contributed by atoms with Gasteiger partial charge in [0.05, 0.1) is 50.9 Å². The van der Waals surface area contributed by atoms with E-state index in [4.69, 9.17) is 38.1 Å². The first-order valence-corrected chi connectivity index (χ1v) is 31.5. The average Bonchev–Trinajstić information content (AvgIpc) is 1.60. The van der Waals surface area contributed by atoms with Crippen LogP contribution >= 0.6 is 0 Å². The minimum Gasteiger partial charge on any atom is -0.467 e. The van der Waals surface area contributed by atoms with Gasteiger partial charge in [-0.3, -0.25) is 48.3 Å². The van der Waals surface area contributed by atoms with Crippen LogP contribution < -0.4 is 65.9 Å². The third-order valence-corrected chi connectivity index (χ3v) is 15.0. The molecule has 94 heavy (non-hydrogen) atoms. The Morgan fingerprint density at radius 2 is 1.28 bits per heavy atom. The first-order valence-electron chi connectivity index (χ1n) is 31.5. The van der Waals surface area contributed by atoms with Crippen LogP contribution in [0.25, 0.3) is 0 Å². The molecule has 1 saturated heterocycles.